The van der Waals surface area contributed by atoms with E-state index in [4.69, 9.17) is 0 Å². The molecular weight excluding hydrogens is 327 g/mol. The van der Waals surface area contributed by atoms with Crippen LogP contribution in [0.2, 0.25) is 0 Å². The van der Waals surface area contributed by atoms with E-state index in [9.17, 15) is 0 Å². The van der Waals surface area contributed by atoms with Crippen molar-refractivity contribution in [3.8, 4) is 0 Å². The van der Waals surface area contributed by atoms with Crippen LogP contribution in [0.5, 0.6) is 0 Å². The molecule has 0 saturated heterocycles. The van der Waals surface area contributed by atoms with Gasteiger partial charge in [-0.15, -0.1) is 0 Å². The molecule has 1 aromatic rings. The van der Waals surface area contributed by atoms with Gasteiger partial charge >= 0.3 is 21.1 Å². The molecule has 0 aromatic heterocycles. The van der Waals surface area contributed by atoms with Crippen molar-refractivity contribution >= 4 is 0 Å². The minimum absolute atomic E-state index is 0. The molecule has 0 radical (unpaired) electrons. The molecule has 0 unspecified atom stereocenters. The molecule has 0 fully saturated rings. The van der Waals surface area contributed by atoms with E-state index in [0.717, 1.165) is 0 Å². The molecule has 0 atom stereocenters. The van der Waals surface area contributed by atoms with Gasteiger partial charge in [0.2, 0.25) is 0 Å². The normalized spacial score (nSPS) is 6.58. The second kappa shape index (κ2) is 9.13. The van der Waals surface area contributed by atoms with Crippen molar-refractivity contribution in [3.05, 3.63) is 51.1 Å². The maximum Gasteiger partial charge on any atom is 4.00 e. The van der Waals surface area contributed by atoms with Gasteiger partial charge in [0.25, 0.3) is 0 Å². The zero-order chi connectivity index (χ0) is 6.15. The van der Waals surface area contributed by atoms with Gasteiger partial charge in [-0.2, -0.15) is 22.8 Å². The van der Waals surface area contributed by atoms with Crippen molar-refractivity contribution in [2.75, 3.05) is 0 Å². The predicted octanol–water partition coefficient (Wildman–Crippen LogP) is 3.68. The molecule has 0 aliphatic carbocycles. The average Bonchev–Trinajstić information content (AvgIpc) is 1.98. The van der Waals surface area contributed by atoms with E-state index in [1.807, 2.05) is 0 Å². The SMILES string of the molecule is Cc1cc[c-](C)c1C.[CH3-].[CH3-].[CH3-].[Pt+4]. The van der Waals surface area contributed by atoms with E-state index in [0.29, 0.717) is 0 Å². The summed E-state index contributed by atoms with van der Waals surface area (Å²) >= 11 is 0. The standard InChI is InChI=1S/C8H11.3CH3.Pt/c1-6-4-5-7(2)8(6)3;;;;/h4-5H,1-3H3;3*1H3;/q4*-1;+4. The van der Waals surface area contributed by atoms with Gasteiger partial charge in [-0.25, -0.2) is 6.07 Å². The van der Waals surface area contributed by atoms with Crippen LogP contribution >= 0.6 is 0 Å². The zero-order valence-corrected chi connectivity index (χ0v) is 11.2. The Morgan fingerprint density at radius 3 is 1.58 bits per heavy atom. The van der Waals surface area contributed by atoms with Crippen molar-refractivity contribution < 1.29 is 21.1 Å². The first-order chi connectivity index (χ1) is 3.72. The number of hydrogen-bond acceptors (Lipinski definition) is 0. The summed E-state index contributed by atoms with van der Waals surface area (Å²) in [5.74, 6) is 0. The van der Waals surface area contributed by atoms with Gasteiger partial charge in [0, 0.05) is 0 Å². The van der Waals surface area contributed by atoms with Crippen LogP contribution in [0.1, 0.15) is 16.7 Å². The molecule has 1 rings (SSSR count). The van der Waals surface area contributed by atoms with Gasteiger partial charge < -0.3 is 22.3 Å². The first-order valence-electron chi connectivity index (χ1n) is 2.91. The Bertz CT molecular complexity index is 167. The summed E-state index contributed by atoms with van der Waals surface area (Å²) in [6.07, 6.45) is 0. The Balaban J connectivity index is -0.0000000800. The fourth-order valence-corrected chi connectivity index (χ4v) is 0.811. The second-order valence-electron chi connectivity index (χ2n) is 2.32. The Hall–Kier alpha value is 0.0383. The molecule has 0 spiro atoms. The van der Waals surface area contributed by atoms with Gasteiger partial charge in [-0.05, 0) is 0 Å². The topological polar surface area (TPSA) is 0 Å². The van der Waals surface area contributed by atoms with Crippen LogP contribution in [0.4, 0.5) is 0 Å². The predicted molar refractivity (Wildman–Crippen MR) is 55.5 cm³/mol. The smallest absolute Gasteiger partial charge is 0.358 e. The molecule has 0 amide bonds. The summed E-state index contributed by atoms with van der Waals surface area (Å²) in [6, 6.07) is 4.31. The molecule has 0 aliphatic heterocycles. The van der Waals surface area contributed by atoms with Gasteiger partial charge in [0.05, 0.1) is 0 Å². The molecule has 0 nitrogen and oxygen atoms in total. The van der Waals surface area contributed by atoms with E-state index < -0.39 is 0 Å². The summed E-state index contributed by atoms with van der Waals surface area (Å²) in [4.78, 5) is 0. The van der Waals surface area contributed by atoms with Crippen molar-refractivity contribution in [3.63, 3.8) is 0 Å². The van der Waals surface area contributed by atoms with Crippen LogP contribution in [-0.2, 0) is 21.1 Å². The van der Waals surface area contributed by atoms with E-state index in [1.54, 1.807) is 0 Å². The zero-order valence-electron chi connectivity index (χ0n) is 8.97. The minimum Gasteiger partial charge on any atom is -0.358 e. The summed E-state index contributed by atoms with van der Waals surface area (Å²) in [7, 11) is 0. The summed E-state index contributed by atoms with van der Waals surface area (Å²) in [6.45, 7) is 6.44. The van der Waals surface area contributed by atoms with E-state index in [-0.39, 0.29) is 43.3 Å². The fraction of sp³-hybridized carbons (Fsp3) is 0.273. The molecule has 0 aliphatic rings. The third-order valence-electron chi connectivity index (χ3n) is 1.77. The summed E-state index contributed by atoms with van der Waals surface area (Å²) in [5, 5.41) is 0. The first kappa shape index (κ1) is 22.7. The quantitative estimate of drug-likeness (QED) is 0.628. The second-order valence-corrected chi connectivity index (χ2v) is 2.32. The Labute approximate surface area is 93.0 Å². The summed E-state index contributed by atoms with van der Waals surface area (Å²) < 4.78 is 0. The molecule has 0 bridgehead atoms. The molecule has 1 aromatic carbocycles. The van der Waals surface area contributed by atoms with Crippen molar-refractivity contribution in [1.82, 2.24) is 0 Å². The third-order valence-corrected chi connectivity index (χ3v) is 1.77. The molecule has 1 heteroatoms. The van der Waals surface area contributed by atoms with Crippen molar-refractivity contribution in [1.29, 1.82) is 0 Å². The molecular formula is C11H20Pt. The fourth-order valence-electron chi connectivity index (χ4n) is 0.811. The third kappa shape index (κ3) is 4.82. The minimum atomic E-state index is 0. The van der Waals surface area contributed by atoms with Crippen LogP contribution < -0.4 is 0 Å². The average molecular weight is 347 g/mol. The Morgan fingerprint density at radius 1 is 1.08 bits per heavy atom. The van der Waals surface area contributed by atoms with Gasteiger partial charge in [0.15, 0.2) is 0 Å². The molecule has 0 saturated carbocycles. The Kier molecular flexibility index (Phi) is 17.3. The van der Waals surface area contributed by atoms with Crippen LogP contribution in [-0.4, -0.2) is 0 Å². The van der Waals surface area contributed by atoms with E-state index in [2.05, 4.69) is 32.9 Å². The van der Waals surface area contributed by atoms with Crippen LogP contribution in [0, 0.1) is 43.1 Å². The number of aryl methyl sites for hydroxylation is 2. The van der Waals surface area contributed by atoms with E-state index in [1.165, 1.54) is 16.7 Å². The van der Waals surface area contributed by atoms with Crippen LogP contribution in [0.3, 0.4) is 0 Å². The molecule has 12 heavy (non-hydrogen) atoms. The molecule has 0 heterocycles. The van der Waals surface area contributed by atoms with Gasteiger partial charge in [-0.1, -0.05) is 20.8 Å². The first-order valence-corrected chi connectivity index (χ1v) is 2.91. The van der Waals surface area contributed by atoms with Crippen LogP contribution in [0.15, 0.2) is 12.1 Å². The molecule has 74 valence electrons. The van der Waals surface area contributed by atoms with Crippen molar-refractivity contribution in [2.24, 2.45) is 0 Å². The number of rotatable bonds is 0. The van der Waals surface area contributed by atoms with E-state index >= 15 is 0 Å². The largest absolute Gasteiger partial charge is 4.00 e. The summed E-state index contributed by atoms with van der Waals surface area (Å²) in [5.41, 5.74) is 4.25. The Morgan fingerprint density at radius 2 is 1.50 bits per heavy atom. The van der Waals surface area contributed by atoms with Crippen LogP contribution in [0.25, 0.3) is 0 Å². The maximum atomic E-state index is 2.16. The van der Waals surface area contributed by atoms with Crippen molar-refractivity contribution in [2.45, 2.75) is 20.8 Å². The monoisotopic (exact) mass is 347 g/mol. The van der Waals surface area contributed by atoms with Gasteiger partial charge in [0.1, 0.15) is 0 Å². The number of hydrogen-bond donors (Lipinski definition) is 0. The van der Waals surface area contributed by atoms with Gasteiger partial charge in [-0.3, -0.25) is 0 Å². The maximum absolute atomic E-state index is 2.16. The molecule has 0 N–H and O–H groups in total.